The van der Waals surface area contributed by atoms with Crippen LogP contribution in [0.3, 0.4) is 0 Å². The van der Waals surface area contributed by atoms with Gasteiger partial charge < -0.3 is 14.8 Å². The molecule has 2 N–H and O–H groups in total. The van der Waals surface area contributed by atoms with E-state index in [1.54, 1.807) is 25.2 Å². The highest BCUT2D eigenvalue weighted by molar-refractivity contribution is 7.86. The van der Waals surface area contributed by atoms with Crippen LogP contribution in [0.5, 0.6) is 11.6 Å². The second kappa shape index (κ2) is 8.50. The molecule has 2 aromatic heterocycles. The minimum Gasteiger partial charge on any atom is -0.435 e. The monoisotopic (exact) mass is 449 g/mol. The zero-order valence-electron chi connectivity index (χ0n) is 16.4. The lowest BCUT2D eigenvalue weighted by molar-refractivity contribution is 0.344. The lowest BCUT2D eigenvalue weighted by Crippen LogP contribution is -2.19. The first-order chi connectivity index (χ1) is 14.9. The summed E-state index contributed by atoms with van der Waals surface area (Å²) in [5, 5.41) is 2.81. The maximum Gasteiger partial charge on any atom is 0.228 e. The van der Waals surface area contributed by atoms with Gasteiger partial charge in [0.2, 0.25) is 17.6 Å². The number of aromatic nitrogens is 3. The van der Waals surface area contributed by atoms with Crippen molar-refractivity contribution in [3.8, 4) is 22.9 Å². The fourth-order valence-electron chi connectivity index (χ4n) is 2.76. The molecule has 1 saturated carbocycles. The van der Waals surface area contributed by atoms with Gasteiger partial charge in [-0.05, 0) is 43.2 Å². The van der Waals surface area contributed by atoms with Crippen molar-refractivity contribution < 1.29 is 22.1 Å². The molecule has 1 fully saturated rings. The Bertz CT molecular complexity index is 1140. The molecule has 11 heteroatoms. The van der Waals surface area contributed by atoms with Crippen molar-refractivity contribution in [2.24, 2.45) is 0 Å². The Morgan fingerprint density at radius 3 is 2.68 bits per heavy atom. The molecule has 1 atom stereocenters. The van der Waals surface area contributed by atoms with E-state index in [-0.39, 0.29) is 17.3 Å². The van der Waals surface area contributed by atoms with Gasteiger partial charge in [0, 0.05) is 19.4 Å². The first kappa shape index (κ1) is 21.0. The molecule has 1 aromatic carbocycles. The van der Waals surface area contributed by atoms with Crippen LogP contribution in [0.4, 0.5) is 24.8 Å². The second-order valence-electron chi connectivity index (χ2n) is 6.96. The van der Waals surface area contributed by atoms with Gasteiger partial charge in [0.1, 0.15) is 16.7 Å². The van der Waals surface area contributed by atoms with Crippen molar-refractivity contribution in [2.75, 3.05) is 22.8 Å². The van der Waals surface area contributed by atoms with Crippen LogP contribution in [0, 0.1) is 11.6 Å². The van der Waals surface area contributed by atoms with Crippen LogP contribution in [0.2, 0.25) is 0 Å². The van der Waals surface area contributed by atoms with Crippen LogP contribution in [-0.2, 0) is 11.0 Å². The van der Waals surface area contributed by atoms with Crippen molar-refractivity contribution in [1.82, 2.24) is 15.0 Å². The number of ether oxygens (including phenoxy) is 1. The Kier molecular flexibility index (Phi) is 5.77. The third-order valence-corrected chi connectivity index (χ3v) is 5.81. The minimum absolute atomic E-state index is 0.0129. The molecule has 2 heterocycles. The van der Waals surface area contributed by atoms with Gasteiger partial charge in [-0.2, -0.15) is 4.39 Å². The summed E-state index contributed by atoms with van der Waals surface area (Å²) in [7, 11) is -0.213. The molecule has 1 aliphatic rings. The third-order valence-electron chi connectivity index (χ3n) is 4.59. The molecule has 0 bridgehead atoms. The standard InChI is InChI=1S/C20H18F3N5O2S/c1-24-19-26-10-6-13(27-19)12-3-2-9-25-18(12)30-15-5-4-14(16(21)17(15)22)28-31(29)11-20(23)7-8-20/h2-6,9-10,28H,7-8,11H2,1H3,(H,24,26,27). The Hall–Kier alpha value is -3.21. The summed E-state index contributed by atoms with van der Waals surface area (Å²) in [6.07, 6.45) is 3.61. The number of halogens is 3. The van der Waals surface area contributed by atoms with E-state index in [1.165, 1.54) is 24.5 Å². The van der Waals surface area contributed by atoms with Crippen molar-refractivity contribution in [3.63, 3.8) is 0 Å². The summed E-state index contributed by atoms with van der Waals surface area (Å²) in [6.45, 7) is 0. The Morgan fingerprint density at radius 1 is 1.13 bits per heavy atom. The predicted molar refractivity (Wildman–Crippen MR) is 111 cm³/mol. The predicted octanol–water partition coefficient (Wildman–Crippen LogP) is 4.23. The number of nitrogens with zero attached hydrogens (tertiary/aromatic N) is 3. The Morgan fingerprint density at radius 2 is 1.94 bits per heavy atom. The van der Waals surface area contributed by atoms with Gasteiger partial charge in [-0.1, -0.05) is 0 Å². The summed E-state index contributed by atoms with van der Waals surface area (Å²) >= 11 is 0. The molecular formula is C20H18F3N5O2S. The molecule has 0 radical (unpaired) electrons. The molecular weight excluding hydrogens is 431 g/mol. The van der Waals surface area contributed by atoms with Gasteiger partial charge >= 0.3 is 0 Å². The molecule has 31 heavy (non-hydrogen) atoms. The van der Waals surface area contributed by atoms with E-state index in [4.69, 9.17) is 4.74 Å². The molecule has 0 amide bonds. The first-order valence-corrected chi connectivity index (χ1v) is 10.7. The van der Waals surface area contributed by atoms with Crippen LogP contribution >= 0.6 is 0 Å². The minimum atomic E-state index is -1.88. The lowest BCUT2D eigenvalue weighted by atomic mass is 10.2. The highest BCUT2D eigenvalue weighted by Gasteiger charge is 2.44. The summed E-state index contributed by atoms with van der Waals surface area (Å²) < 4.78 is 62.7. The molecule has 0 saturated heterocycles. The van der Waals surface area contributed by atoms with E-state index >= 15 is 0 Å². The van der Waals surface area contributed by atoms with E-state index in [0.29, 0.717) is 30.0 Å². The van der Waals surface area contributed by atoms with Crippen LogP contribution < -0.4 is 14.8 Å². The van der Waals surface area contributed by atoms with Gasteiger partial charge in [0.15, 0.2) is 11.6 Å². The number of hydrogen-bond acceptors (Lipinski definition) is 6. The van der Waals surface area contributed by atoms with E-state index in [0.717, 1.165) is 0 Å². The Labute approximate surface area is 178 Å². The van der Waals surface area contributed by atoms with Crippen molar-refractivity contribution in [3.05, 3.63) is 54.4 Å². The number of nitrogens with one attached hydrogen (secondary N) is 2. The summed E-state index contributed by atoms with van der Waals surface area (Å²) in [4.78, 5) is 12.4. The maximum atomic E-state index is 14.6. The summed E-state index contributed by atoms with van der Waals surface area (Å²) in [6, 6.07) is 7.30. The molecule has 1 unspecified atom stereocenters. The lowest BCUT2D eigenvalue weighted by Gasteiger charge is -2.13. The average molecular weight is 449 g/mol. The van der Waals surface area contributed by atoms with E-state index in [1.807, 2.05) is 0 Å². The average Bonchev–Trinajstić information content (AvgIpc) is 3.50. The Balaban J connectivity index is 1.57. The second-order valence-corrected chi connectivity index (χ2v) is 8.14. The third kappa shape index (κ3) is 4.76. The molecule has 3 aromatic rings. The SMILES string of the molecule is CNc1nccc(-c2cccnc2Oc2ccc(NS(=O)CC3(F)CC3)c(F)c2F)n1. The highest BCUT2D eigenvalue weighted by Crippen LogP contribution is 2.40. The van der Waals surface area contributed by atoms with Crippen LogP contribution in [-0.4, -0.2) is 37.6 Å². The fourth-order valence-corrected chi connectivity index (χ4v) is 4.00. The van der Waals surface area contributed by atoms with Gasteiger partial charge in [-0.25, -0.2) is 27.9 Å². The number of alkyl halides is 1. The molecule has 4 rings (SSSR count). The van der Waals surface area contributed by atoms with Crippen molar-refractivity contribution in [1.29, 1.82) is 0 Å². The summed E-state index contributed by atoms with van der Waals surface area (Å²) in [5.41, 5.74) is -0.915. The van der Waals surface area contributed by atoms with Crippen LogP contribution in [0.1, 0.15) is 12.8 Å². The summed E-state index contributed by atoms with van der Waals surface area (Å²) in [5.74, 6) is -2.89. The number of pyridine rings is 1. The quantitative estimate of drug-likeness (QED) is 0.535. The zero-order chi connectivity index (χ0) is 22.0. The van der Waals surface area contributed by atoms with E-state index in [9.17, 15) is 17.4 Å². The van der Waals surface area contributed by atoms with Gasteiger partial charge in [0.25, 0.3) is 0 Å². The fraction of sp³-hybridized carbons (Fsp3) is 0.250. The molecule has 0 spiro atoms. The molecule has 7 nitrogen and oxygen atoms in total. The van der Waals surface area contributed by atoms with E-state index < -0.39 is 34.0 Å². The first-order valence-electron chi connectivity index (χ1n) is 9.34. The molecule has 0 aliphatic heterocycles. The van der Waals surface area contributed by atoms with Crippen molar-refractivity contribution >= 4 is 22.6 Å². The van der Waals surface area contributed by atoms with Crippen LogP contribution in [0.25, 0.3) is 11.3 Å². The number of anilines is 2. The normalized spacial score (nSPS) is 15.2. The molecule has 1 aliphatic carbocycles. The topological polar surface area (TPSA) is 89.0 Å². The maximum absolute atomic E-state index is 14.6. The van der Waals surface area contributed by atoms with E-state index in [2.05, 4.69) is 25.0 Å². The smallest absolute Gasteiger partial charge is 0.228 e. The van der Waals surface area contributed by atoms with Gasteiger partial charge in [-0.3, -0.25) is 0 Å². The van der Waals surface area contributed by atoms with Crippen LogP contribution in [0.15, 0.2) is 42.7 Å². The number of hydrogen-bond donors (Lipinski definition) is 2. The largest absolute Gasteiger partial charge is 0.435 e. The van der Waals surface area contributed by atoms with Gasteiger partial charge in [-0.15, -0.1) is 0 Å². The molecule has 162 valence electrons. The highest BCUT2D eigenvalue weighted by atomic mass is 32.2. The number of benzene rings is 1. The number of rotatable bonds is 8. The van der Waals surface area contributed by atoms with Gasteiger partial charge in [0.05, 0.1) is 22.7 Å². The zero-order valence-corrected chi connectivity index (χ0v) is 17.2. The van der Waals surface area contributed by atoms with Crippen molar-refractivity contribution in [2.45, 2.75) is 18.5 Å².